The number of halogens is 4. The molecule has 1 aromatic rings. The van der Waals surface area contributed by atoms with E-state index in [1.54, 1.807) is 0 Å². The van der Waals surface area contributed by atoms with Crippen LogP contribution in [-0.2, 0) is 11.6 Å². The first kappa shape index (κ1) is 21.4. The van der Waals surface area contributed by atoms with Crippen molar-refractivity contribution < 1.29 is 18.3 Å². The first-order valence-electron chi connectivity index (χ1n) is 8.64. The zero-order valence-electron chi connectivity index (χ0n) is 15.1. The minimum atomic E-state index is -4.46. The van der Waals surface area contributed by atoms with Crippen LogP contribution in [0.5, 0.6) is 5.75 Å². The minimum Gasteiger partial charge on any atom is -0.508 e. The van der Waals surface area contributed by atoms with Crippen molar-refractivity contribution in [3.05, 3.63) is 78.1 Å². The third-order valence-corrected chi connectivity index (χ3v) is 5.32. The summed E-state index contributed by atoms with van der Waals surface area (Å²) >= 11 is 0. The van der Waals surface area contributed by atoms with Crippen LogP contribution in [0.1, 0.15) is 24.5 Å². The molecule has 0 saturated carbocycles. The first-order chi connectivity index (χ1) is 12.3. The number of phenols is 1. The van der Waals surface area contributed by atoms with Crippen molar-refractivity contribution in [2.45, 2.75) is 31.0 Å². The first-order valence-corrected chi connectivity index (χ1v) is 8.64. The van der Waals surface area contributed by atoms with E-state index in [2.05, 4.69) is 0 Å². The highest BCUT2D eigenvalue weighted by Crippen LogP contribution is 2.49. The van der Waals surface area contributed by atoms with Gasteiger partial charge in [-0.05, 0) is 42.8 Å². The number of hydrogen-bond donors (Lipinski definition) is 1. The van der Waals surface area contributed by atoms with Crippen LogP contribution in [0.3, 0.4) is 0 Å². The number of allylic oxidation sites excluding steroid dienone is 5. The Hall–Kier alpha value is -1.95. The van der Waals surface area contributed by atoms with Crippen LogP contribution in [0.4, 0.5) is 13.2 Å². The lowest BCUT2D eigenvalue weighted by atomic mass is 9.61. The van der Waals surface area contributed by atoms with E-state index in [1.165, 1.54) is 0 Å². The molecule has 0 amide bonds. The van der Waals surface area contributed by atoms with Gasteiger partial charge >= 0.3 is 6.18 Å². The number of alkyl halides is 3. The predicted molar refractivity (Wildman–Crippen MR) is 107 cm³/mol. The van der Waals surface area contributed by atoms with Gasteiger partial charge in [0.05, 0.1) is 11.6 Å². The van der Waals surface area contributed by atoms with Gasteiger partial charge in [-0.25, -0.2) is 0 Å². The summed E-state index contributed by atoms with van der Waals surface area (Å²) in [7, 11) is 1.90. The van der Waals surface area contributed by atoms with Crippen molar-refractivity contribution in [3.8, 4) is 5.75 Å². The zero-order valence-corrected chi connectivity index (χ0v) is 16.9. The van der Waals surface area contributed by atoms with Gasteiger partial charge in [0.2, 0.25) is 0 Å². The third-order valence-electron chi connectivity index (χ3n) is 5.32. The van der Waals surface area contributed by atoms with Gasteiger partial charge in [-0.1, -0.05) is 43.4 Å². The highest BCUT2D eigenvalue weighted by Gasteiger charge is 2.47. The summed E-state index contributed by atoms with van der Waals surface area (Å²) in [4.78, 5) is 1.98. The van der Waals surface area contributed by atoms with E-state index >= 15 is 0 Å². The van der Waals surface area contributed by atoms with Gasteiger partial charge in [-0.2, -0.15) is 13.2 Å². The average Bonchev–Trinajstić information content (AvgIpc) is 2.61. The molecular weight excluding hydrogens is 419 g/mol. The Labute approximate surface area is 168 Å². The van der Waals surface area contributed by atoms with E-state index in [4.69, 9.17) is 0 Å². The van der Waals surface area contributed by atoms with Crippen LogP contribution < -0.4 is 0 Å². The van der Waals surface area contributed by atoms with E-state index in [0.29, 0.717) is 5.56 Å². The van der Waals surface area contributed by atoms with Crippen LogP contribution in [-0.4, -0.2) is 23.1 Å². The highest BCUT2D eigenvalue weighted by molar-refractivity contribution is 8.93. The molecule has 1 aliphatic carbocycles. The quantitative estimate of drug-likeness (QED) is 0.643. The Kier molecular flexibility index (Phi) is 6.30. The van der Waals surface area contributed by atoms with E-state index in [-0.39, 0.29) is 34.7 Å². The van der Waals surface area contributed by atoms with Crippen LogP contribution in [0.15, 0.2) is 66.9 Å². The topological polar surface area (TPSA) is 23.5 Å². The molecule has 1 N–H and O–H groups in total. The van der Waals surface area contributed by atoms with Gasteiger partial charge in [0.1, 0.15) is 5.75 Å². The van der Waals surface area contributed by atoms with Gasteiger partial charge in [0.15, 0.2) is 0 Å². The molecule has 0 bridgehead atoms. The summed E-state index contributed by atoms with van der Waals surface area (Å²) in [5, 5.41) is 10.6. The fourth-order valence-electron chi connectivity index (χ4n) is 4.08. The van der Waals surface area contributed by atoms with Crippen LogP contribution in [0, 0.1) is 5.92 Å². The predicted octanol–water partition coefficient (Wildman–Crippen LogP) is 5.76. The summed E-state index contributed by atoms with van der Waals surface area (Å²) in [6.45, 7) is 2.01. The van der Waals surface area contributed by atoms with Crippen molar-refractivity contribution >= 4 is 17.0 Å². The fraction of sp³-hybridized carbons (Fsp3) is 0.333. The van der Waals surface area contributed by atoms with Crippen molar-refractivity contribution in [2.75, 3.05) is 7.05 Å². The highest BCUT2D eigenvalue weighted by atomic mass is 79.9. The average molecular weight is 442 g/mol. The second-order valence-corrected chi connectivity index (χ2v) is 6.76. The molecule has 0 aromatic heterocycles. The van der Waals surface area contributed by atoms with Crippen molar-refractivity contribution in [1.82, 2.24) is 4.90 Å². The van der Waals surface area contributed by atoms with Crippen molar-refractivity contribution in [3.63, 3.8) is 0 Å². The Morgan fingerprint density at radius 2 is 1.81 bits per heavy atom. The number of nitrogens with zero attached hydrogens (tertiary/aromatic N) is 1. The van der Waals surface area contributed by atoms with E-state index in [0.717, 1.165) is 24.6 Å². The van der Waals surface area contributed by atoms with Crippen molar-refractivity contribution in [1.29, 1.82) is 0 Å². The molecule has 3 rings (SSSR count). The van der Waals surface area contributed by atoms with Gasteiger partial charge in [-0.3, -0.25) is 0 Å². The SMILES string of the molecule is Br.CCC1C=CC=CC1(c1cc(C(F)(F)F)ccc1O)C1C=CC=CN1C. The molecule has 0 saturated heterocycles. The molecule has 0 fully saturated rings. The fourth-order valence-corrected chi connectivity index (χ4v) is 4.08. The molecule has 3 unspecified atom stereocenters. The van der Waals surface area contributed by atoms with Crippen molar-refractivity contribution in [2.24, 2.45) is 5.92 Å². The van der Waals surface area contributed by atoms with E-state index in [9.17, 15) is 18.3 Å². The van der Waals surface area contributed by atoms with Crippen LogP contribution in [0.2, 0.25) is 0 Å². The van der Waals surface area contributed by atoms with E-state index in [1.807, 2.05) is 67.6 Å². The number of phenolic OH excluding ortho intramolecular Hbond substituents is 1. The summed E-state index contributed by atoms with van der Waals surface area (Å²) < 4.78 is 40.0. The Morgan fingerprint density at radius 3 is 2.44 bits per heavy atom. The lowest BCUT2D eigenvalue weighted by Crippen LogP contribution is -2.50. The molecule has 1 aliphatic heterocycles. The van der Waals surface area contributed by atoms with Gasteiger partial charge in [0.25, 0.3) is 0 Å². The third kappa shape index (κ3) is 3.72. The number of aromatic hydroxyl groups is 1. The maximum Gasteiger partial charge on any atom is 0.416 e. The lowest BCUT2D eigenvalue weighted by Gasteiger charge is -2.48. The van der Waals surface area contributed by atoms with E-state index < -0.39 is 17.2 Å². The zero-order chi connectivity index (χ0) is 18.9. The number of rotatable bonds is 3. The largest absolute Gasteiger partial charge is 0.508 e. The Morgan fingerprint density at radius 1 is 1.11 bits per heavy atom. The molecule has 2 aliphatic rings. The summed E-state index contributed by atoms with van der Waals surface area (Å²) in [6, 6.07) is 2.96. The lowest BCUT2D eigenvalue weighted by molar-refractivity contribution is -0.137. The Bertz CT molecular complexity index is 797. The van der Waals surface area contributed by atoms with Crippen LogP contribution >= 0.6 is 17.0 Å². The van der Waals surface area contributed by atoms with Crippen LogP contribution in [0.25, 0.3) is 0 Å². The number of likely N-dealkylation sites (N-methyl/N-ethyl adjacent to an activating group) is 1. The molecule has 2 nitrogen and oxygen atoms in total. The summed E-state index contributed by atoms with van der Waals surface area (Å²) in [5.41, 5.74) is -1.25. The molecule has 27 heavy (non-hydrogen) atoms. The monoisotopic (exact) mass is 441 g/mol. The second-order valence-electron chi connectivity index (χ2n) is 6.76. The smallest absolute Gasteiger partial charge is 0.416 e. The van der Waals surface area contributed by atoms with Gasteiger partial charge < -0.3 is 10.0 Å². The number of hydrogen-bond acceptors (Lipinski definition) is 2. The summed E-state index contributed by atoms with van der Waals surface area (Å²) in [5.74, 6) is -0.168. The number of benzene rings is 1. The molecular formula is C21H23BrF3NO. The molecule has 0 radical (unpaired) electrons. The minimum absolute atomic E-state index is 0. The molecule has 1 aromatic carbocycles. The normalized spacial score (nSPS) is 26.9. The maximum absolute atomic E-state index is 13.3. The molecule has 6 heteroatoms. The maximum atomic E-state index is 13.3. The molecule has 146 valence electrons. The Balaban J connectivity index is 0.00000261. The molecule has 3 atom stereocenters. The second kappa shape index (κ2) is 7.97. The molecule has 0 spiro atoms. The summed E-state index contributed by atoms with van der Waals surface area (Å²) in [6.07, 6.45) is 11.6. The standard InChI is InChI=1S/C21H22F3NO.BrH/c1-3-15-8-4-6-12-20(15,19-9-5-7-13-25(19)2)17-14-16(21(22,23)24)10-11-18(17)26;/h4-15,19,26H,3H2,1-2H3;1H. The molecule has 1 heterocycles. The van der Waals surface area contributed by atoms with Gasteiger partial charge in [0, 0.05) is 18.0 Å². The van der Waals surface area contributed by atoms with Gasteiger partial charge in [-0.15, -0.1) is 17.0 Å².